The fourth-order valence-corrected chi connectivity index (χ4v) is 3.99. The van der Waals surface area contributed by atoms with Crippen LogP contribution >= 0.6 is 0 Å². The van der Waals surface area contributed by atoms with Crippen molar-refractivity contribution in [3.63, 3.8) is 0 Å². The molecule has 32 heavy (non-hydrogen) atoms. The lowest BCUT2D eigenvalue weighted by molar-refractivity contribution is -0.140. The predicted octanol–water partition coefficient (Wildman–Crippen LogP) is 4.68. The molecule has 1 aliphatic heterocycles. The van der Waals surface area contributed by atoms with Crippen molar-refractivity contribution in [2.45, 2.75) is 19.5 Å². The second-order valence-corrected chi connectivity index (χ2v) is 8.26. The number of likely N-dealkylation sites (tertiary alicyclic amines) is 1. The fraction of sp³-hybridized carbons (Fsp3) is 0.185. The summed E-state index contributed by atoms with van der Waals surface area (Å²) in [6.45, 7) is 2.23. The summed E-state index contributed by atoms with van der Waals surface area (Å²) < 4.78 is 0. The van der Waals surface area contributed by atoms with Crippen LogP contribution in [0, 0.1) is 6.92 Å². The summed E-state index contributed by atoms with van der Waals surface area (Å²) >= 11 is 0. The molecule has 0 aliphatic carbocycles. The normalized spacial score (nSPS) is 17.6. The van der Waals surface area contributed by atoms with Crippen LogP contribution in [0.4, 0.5) is 5.69 Å². The molecule has 1 aliphatic rings. The molecule has 1 amide bonds. The van der Waals surface area contributed by atoms with Crippen molar-refractivity contribution < 1.29 is 14.7 Å². The van der Waals surface area contributed by atoms with E-state index in [1.54, 1.807) is 17.0 Å². The van der Waals surface area contributed by atoms with E-state index < -0.39 is 17.7 Å². The Hall–Kier alpha value is -3.86. The Kier molecular flexibility index (Phi) is 5.82. The largest absolute Gasteiger partial charge is 0.507 e. The Morgan fingerprint density at radius 2 is 1.53 bits per heavy atom. The number of hydrogen-bond donors (Lipinski definition) is 1. The van der Waals surface area contributed by atoms with E-state index in [-0.39, 0.29) is 17.9 Å². The maximum absolute atomic E-state index is 13.1. The minimum absolute atomic E-state index is 0.118. The molecule has 1 heterocycles. The first-order valence-electron chi connectivity index (χ1n) is 10.5. The number of ketones is 1. The molecule has 0 aromatic heterocycles. The molecule has 4 rings (SSSR count). The van der Waals surface area contributed by atoms with Gasteiger partial charge in [-0.15, -0.1) is 0 Å². The van der Waals surface area contributed by atoms with Gasteiger partial charge in [-0.1, -0.05) is 72.3 Å². The van der Waals surface area contributed by atoms with Crippen molar-refractivity contribution in [2.75, 3.05) is 19.0 Å². The number of rotatable bonds is 5. The van der Waals surface area contributed by atoms with E-state index in [9.17, 15) is 14.7 Å². The molecule has 0 saturated carbocycles. The van der Waals surface area contributed by atoms with E-state index in [1.807, 2.05) is 92.6 Å². The molecule has 0 spiro atoms. The first kappa shape index (κ1) is 21.4. The number of carbonyl (C=O) groups excluding carboxylic acids is 2. The second kappa shape index (κ2) is 8.71. The molecule has 1 fully saturated rings. The smallest absolute Gasteiger partial charge is 0.295 e. The molecule has 1 atom stereocenters. The molecule has 1 saturated heterocycles. The highest BCUT2D eigenvalue weighted by Crippen LogP contribution is 2.40. The van der Waals surface area contributed by atoms with Crippen molar-refractivity contribution in [1.29, 1.82) is 0 Å². The topological polar surface area (TPSA) is 60.9 Å². The van der Waals surface area contributed by atoms with E-state index in [0.717, 1.165) is 22.4 Å². The van der Waals surface area contributed by atoms with Gasteiger partial charge in [-0.25, -0.2) is 0 Å². The number of hydrogen-bond acceptors (Lipinski definition) is 4. The maximum atomic E-state index is 13.1. The molecule has 0 radical (unpaired) electrons. The molecule has 5 heteroatoms. The van der Waals surface area contributed by atoms with Gasteiger partial charge in [-0.05, 0) is 30.2 Å². The van der Waals surface area contributed by atoms with Gasteiger partial charge in [0.15, 0.2) is 0 Å². The third-order valence-electron chi connectivity index (χ3n) is 5.79. The van der Waals surface area contributed by atoms with E-state index in [2.05, 4.69) is 0 Å². The summed E-state index contributed by atoms with van der Waals surface area (Å²) in [5, 5.41) is 11.1. The Labute approximate surface area is 188 Å². The lowest BCUT2D eigenvalue weighted by Crippen LogP contribution is -2.29. The van der Waals surface area contributed by atoms with E-state index in [0.29, 0.717) is 5.56 Å². The van der Waals surface area contributed by atoms with Crippen LogP contribution in [0.2, 0.25) is 0 Å². The third-order valence-corrected chi connectivity index (χ3v) is 5.79. The Morgan fingerprint density at radius 3 is 2.12 bits per heavy atom. The summed E-state index contributed by atoms with van der Waals surface area (Å²) in [5.74, 6) is -1.43. The van der Waals surface area contributed by atoms with Crippen molar-refractivity contribution in [3.05, 3.63) is 107 Å². The van der Waals surface area contributed by atoms with Crippen LogP contribution in [0.1, 0.15) is 28.3 Å². The van der Waals surface area contributed by atoms with Crippen LogP contribution in [0.3, 0.4) is 0 Å². The number of carbonyl (C=O) groups is 2. The summed E-state index contributed by atoms with van der Waals surface area (Å²) in [6, 6.07) is 23.9. The van der Waals surface area contributed by atoms with Crippen LogP contribution in [0.25, 0.3) is 5.76 Å². The van der Waals surface area contributed by atoms with Gasteiger partial charge in [-0.3, -0.25) is 9.59 Å². The lowest BCUT2D eigenvalue weighted by atomic mass is 9.94. The molecule has 5 nitrogen and oxygen atoms in total. The Morgan fingerprint density at radius 1 is 0.906 bits per heavy atom. The Bertz CT molecular complexity index is 1160. The SMILES string of the molecule is Cc1ccc(C(O)=C2C(=O)C(=O)N(Cc3ccccc3)C2c2ccc(N(C)C)cc2)cc1. The van der Waals surface area contributed by atoms with Gasteiger partial charge in [0, 0.05) is 31.9 Å². The molecule has 0 bridgehead atoms. The highest BCUT2D eigenvalue weighted by Gasteiger charge is 2.46. The minimum atomic E-state index is -0.673. The lowest BCUT2D eigenvalue weighted by Gasteiger charge is -2.26. The van der Waals surface area contributed by atoms with Crippen LogP contribution in [-0.4, -0.2) is 35.8 Å². The Balaban J connectivity index is 1.84. The maximum Gasteiger partial charge on any atom is 0.295 e. The van der Waals surface area contributed by atoms with E-state index >= 15 is 0 Å². The van der Waals surface area contributed by atoms with Gasteiger partial charge in [0.25, 0.3) is 11.7 Å². The number of nitrogens with zero attached hydrogens (tertiary/aromatic N) is 2. The average molecular weight is 427 g/mol. The monoisotopic (exact) mass is 426 g/mol. The summed E-state index contributed by atoms with van der Waals surface area (Å²) in [5.41, 5.74) is 4.38. The van der Waals surface area contributed by atoms with Gasteiger partial charge in [0.2, 0.25) is 0 Å². The van der Waals surface area contributed by atoms with Crippen LogP contribution in [0.15, 0.2) is 84.4 Å². The molecule has 3 aromatic rings. The summed E-state index contributed by atoms with van der Waals surface area (Å²) in [4.78, 5) is 29.7. The number of amides is 1. The van der Waals surface area contributed by atoms with Crippen LogP contribution in [-0.2, 0) is 16.1 Å². The number of aliphatic hydroxyl groups excluding tert-OH is 1. The zero-order valence-electron chi connectivity index (χ0n) is 18.4. The van der Waals surface area contributed by atoms with Crippen molar-refractivity contribution in [3.8, 4) is 0 Å². The van der Waals surface area contributed by atoms with Crippen LogP contribution < -0.4 is 4.90 Å². The van der Waals surface area contributed by atoms with Crippen molar-refractivity contribution in [1.82, 2.24) is 4.90 Å². The van der Waals surface area contributed by atoms with Gasteiger partial charge in [-0.2, -0.15) is 0 Å². The van der Waals surface area contributed by atoms with E-state index in [4.69, 9.17) is 0 Å². The predicted molar refractivity (Wildman–Crippen MR) is 126 cm³/mol. The summed E-state index contributed by atoms with van der Waals surface area (Å²) in [6.07, 6.45) is 0. The molecule has 1 N–H and O–H groups in total. The molecular formula is C27H26N2O3. The number of Topliss-reactive ketones (excluding diaryl/α,β-unsaturated/α-hetero) is 1. The number of benzene rings is 3. The van der Waals surface area contributed by atoms with Gasteiger partial charge in [0.05, 0.1) is 11.6 Å². The molecule has 1 unspecified atom stereocenters. The average Bonchev–Trinajstić information content (AvgIpc) is 3.05. The molecule has 3 aromatic carbocycles. The number of aryl methyl sites for hydroxylation is 1. The third kappa shape index (κ3) is 4.02. The van der Waals surface area contributed by atoms with Gasteiger partial charge >= 0.3 is 0 Å². The minimum Gasteiger partial charge on any atom is -0.507 e. The van der Waals surface area contributed by atoms with Crippen LogP contribution in [0.5, 0.6) is 0 Å². The highest BCUT2D eigenvalue weighted by molar-refractivity contribution is 6.46. The number of aliphatic hydroxyl groups is 1. The van der Waals surface area contributed by atoms with Gasteiger partial charge < -0.3 is 14.9 Å². The van der Waals surface area contributed by atoms with Crippen molar-refractivity contribution in [2.24, 2.45) is 0 Å². The highest BCUT2D eigenvalue weighted by atomic mass is 16.3. The first-order chi connectivity index (χ1) is 15.4. The van der Waals surface area contributed by atoms with Crippen molar-refractivity contribution >= 4 is 23.1 Å². The number of anilines is 1. The fourth-order valence-electron chi connectivity index (χ4n) is 3.99. The zero-order chi connectivity index (χ0) is 22.8. The summed E-state index contributed by atoms with van der Waals surface area (Å²) in [7, 11) is 3.90. The van der Waals surface area contributed by atoms with E-state index in [1.165, 1.54) is 0 Å². The van der Waals surface area contributed by atoms with Gasteiger partial charge in [0.1, 0.15) is 5.76 Å². The molecule has 162 valence electrons. The molecular weight excluding hydrogens is 400 g/mol. The second-order valence-electron chi connectivity index (χ2n) is 8.26. The standard InChI is InChI=1S/C27H26N2O3/c1-18-9-11-21(12-10-18)25(30)23-24(20-13-15-22(16-14-20)28(2)3)29(27(32)26(23)31)17-19-7-5-4-6-8-19/h4-16,24,30H,17H2,1-3H3. The quantitative estimate of drug-likeness (QED) is 0.366. The zero-order valence-corrected chi connectivity index (χ0v) is 18.4. The first-order valence-corrected chi connectivity index (χ1v) is 10.5.